The number of likely N-dealkylation sites (tertiary alicyclic amines) is 1. The number of hydrogen-bond acceptors (Lipinski definition) is 0. The van der Waals surface area contributed by atoms with Crippen LogP contribution in [0.25, 0.3) is 0 Å². The molecule has 0 amide bonds. The van der Waals surface area contributed by atoms with Gasteiger partial charge in [-0.25, -0.2) is 0 Å². The monoisotopic (exact) mass is 306 g/mol. The molecule has 0 saturated carbocycles. The Morgan fingerprint density at radius 2 is 1.52 bits per heavy atom. The Kier molecular flexibility index (Phi) is 5.30. The van der Waals surface area contributed by atoms with Gasteiger partial charge in [0.15, 0.2) is 0 Å². The molecule has 3 rings (SSSR count). The van der Waals surface area contributed by atoms with E-state index >= 15 is 0 Å². The predicted octanol–water partition coefficient (Wildman–Crippen LogP) is 5.33. The first-order chi connectivity index (χ1) is 11.3. The molecular weight excluding hydrogens is 278 g/mol. The van der Waals surface area contributed by atoms with Crippen LogP contribution in [-0.2, 0) is 13.0 Å². The summed E-state index contributed by atoms with van der Waals surface area (Å²) >= 11 is 0. The topological polar surface area (TPSA) is 0 Å². The van der Waals surface area contributed by atoms with Crippen LogP contribution in [0.5, 0.6) is 0 Å². The van der Waals surface area contributed by atoms with Gasteiger partial charge in [-0.15, -0.1) is 0 Å². The van der Waals surface area contributed by atoms with Gasteiger partial charge in [-0.3, -0.25) is 4.48 Å². The molecule has 0 radical (unpaired) electrons. The number of quaternary nitrogens is 1. The highest BCUT2D eigenvalue weighted by Crippen LogP contribution is 2.30. The maximum atomic E-state index is 4.26. The fraction of sp³-hybridized carbons (Fsp3) is 0.364. The van der Waals surface area contributed by atoms with Gasteiger partial charge in [0.1, 0.15) is 6.54 Å². The minimum atomic E-state index is 0.637. The average molecular weight is 306 g/mol. The summed E-state index contributed by atoms with van der Waals surface area (Å²) in [6.07, 6.45) is 8.69. The van der Waals surface area contributed by atoms with Gasteiger partial charge in [0, 0.05) is 18.4 Å². The summed E-state index contributed by atoms with van der Waals surface area (Å²) in [5, 5.41) is 0. The number of rotatable bonds is 5. The highest BCUT2D eigenvalue weighted by atomic mass is 15.4. The van der Waals surface area contributed by atoms with Crippen molar-refractivity contribution in [3.05, 3.63) is 84.6 Å². The van der Waals surface area contributed by atoms with E-state index in [1.807, 2.05) is 0 Å². The molecule has 2 unspecified atom stereocenters. The summed E-state index contributed by atoms with van der Waals surface area (Å²) < 4.78 is 1.03. The molecule has 0 N–H and O–H groups in total. The first kappa shape index (κ1) is 16.0. The van der Waals surface area contributed by atoms with Gasteiger partial charge in [-0.05, 0) is 31.4 Å². The predicted molar refractivity (Wildman–Crippen MR) is 97.9 cm³/mol. The first-order valence-corrected chi connectivity index (χ1v) is 8.90. The van der Waals surface area contributed by atoms with Crippen LogP contribution in [0, 0.1) is 0 Å². The maximum absolute atomic E-state index is 4.26. The molecule has 2 aromatic rings. The van der Waals surface area contributed by atoms with Gasteiger partial charge in [-0.1, -0.05) is 60.7 Å². The van der Waals surface area contributed by atoms with Crippen LogP contribution in [0.4, 0.5) is 0 Å². The number of benzene rings is 2. The lowest BCUT2D eigenvalue weighted by Gasteiger charge is -2.41. The van der Waals surface area contributed by atoms with Crippen LogP contribution in [0.1, 0.15) is 36.8 Å². The Morgan fingerprint density at radius 1 is 0.870 bits per heavy atom. The van der Waals surface area contributed by atoms with Gasteiger partial charge in [0.25, 0.3) is 0 Å². The molecule has 0 bridgehead atoms. The van der Waals surface area contributed by atoms with E-state index in [1.54, 1.807) is 0 Å². The molecule has 1 aliphatic rings. The molecule has 0 spiro atoms. The van der Waals surface area contributed by atoms with Gasteiger partial charge in [0.05, 0.1) is 18.8 Å². The molecule has 0 aromatic heterocycles. The number of nitrogens with zero attached hydrogens (tertiary/aromatic N) is 1. The van der Waals surface area contributed by atoms with Crippen molar-refractivity contribution in [2.75, 3.05) is 6.54 Å². The van der Waals surface area contributed by atoms with Crippen LogP contribution in [0.2, 0.25) is 0 Å². The summed E-state index contributed by atoms with van der Waals surface area (Å²) in [4.78, 5) is 0. The molecule has 1 nitrogen and oxygen atoms in total. The van der Waals surface area contributed by atoms with Crippen molar-refractivity contribution in [1.82, 2.24) is 0 Å². The van der Waals surface area contributed by atoms with Crippen molar-refractivity contribution in [1.29, 1.82) is 0 Å². The molecule has 120 valence electrons. The Hall–Kier alpha value is -1.86. The second kappa shape index (κ2) is 7.61. The lowest BCUT2D eigenvalue weighted by molar-refractivity contribution is -0.916. The molecular formula is C22H28N+. The van der Waals surface area contributed by atoms with E-state index in [0.717, 1.165) is 17.4 Å². The van der Waals surface area contributed by atoms with E-state index < -0.39 is 0 Å². The lowest BCUT2D eigenvalue weighted by atomic mass is 9.98. The van der Waals surface area contributed by atoms with Crippen LogP contribution >= 0.6 is 0 Å². The van der Waals surface area contributed by atoms with E-state index in [1.165, 1.54) is 43.4 Å². The third-order valence-electron chi connectivity index (χ3n) is 5.34. The fourth-order valence-corrected chi connectivity index (χ4v) is 4.01. The molecule has 1 heteroatoms. The molecule has 2 atom stereocenters. The molecule has 1 fully saturated rings. The zero-order valence-electron chi connectivity index (χ0n) is 14.0. The van der Waals surface area contributed by atoms with Gasteiger partial charge < -0.3 is 0 Å². The molecule has 23 heavy (non-hydrogen) atoms. The SMILES string of the molecule is C=C[N+]1(Cc2ccccc2)CCCCCC1Cc1ccccc1. The standard InChI is InChI=1S/C22H28N/c1-2-23(19-21-14-8-4-9-15-21)17-11-5-10-16-22(23)18-20-12-6-3-7-13-20/h2-4,6-9,12-15,22H,1,5,10-11,16-19H2/q+1. The van der Waals surface area contributed by atoms with Crippen molar-refractivity contribution in [2.45, 2.75) is 44.7 Å². The van der Waals surface area contributed by atoms with Gasteiger partial charge >= 0.3 is 0 Å². The third-order valence-corrected chi connectivity index (χ3v) is 5.34. The largest absolute Gasteiger partial charge is 0.291 e. The van der Waals surface area contributed by atoms with E-state index in [0.29, 0.717) is 6.04 Å². The van der Waals surface area contributed by atoms with Crippen LogP contribution in [0.3, 0.4) is 0 Å². The van der Waals surface area contributed by atoms with Crippen LogP contribution in [-0.4, -0.2) is 17.1 Å². The van der Waals surface area contributed by atoms with E-state index in [9.17, 15) is 0 Å². The van der Waals surface area contributed by atoms with Crippen LogP contribution < -0.4 is 0 Å². The second-order valence-corrected chi connectivity index (χ2v) is 6.85. The molecule has 1 saturated heterocycles. The lowest BCUT2D eigenvalue weighted by Crippen LogP contribution is -2.51. The molecule has 0 aliphatic carbocycles. The van der Waals surface area contributed by atoms with Crippen LogP contribution in [0.15, 0.2) is 73.4 Å². The highest BCUT2D eigenvalue weighted by molar-refractivity contribution is 5.16. The summed E-state index contributed by atoms with van der Waals surface area (Å²) in [6.45, 7) is 6.55. The minimum absolute atomic E-state index is 0.637. The second-order valence-electron chi connectivity index (χ2n) is 6.85. The zero-order chi connectivity index (χ0) is 16.0. The van der Waals surface area contributed by atoms with E-state index in [-0.39, 0.29) is 0 Å². The summed E-state index contributed by atoms with van der Waals surface area (Å²) in [5.74, 6) is 0. The van der Waals surface area contributed by atoms with Gasteiger partial charge in [0.2, 0.25) is 0 Å². The summed E-state index contributed by atoms with van der Waals surface area (Å²) in [7, 11) is 0. The smallest absolute Gasteiger partial charge is 0.109 e. The summed E-state index contributed by atoms with van der Waals surface area (Å²) in [6, 6.07) is 22.5. The van der Waals surface area contributed by atoms with E-state index in [4.69, 9.17) is 0 Å². The molecule has 1 aliphatic heterocycles. The maximum Gasteiger partial charge on any atom is 0.109 e. The fourth-order valence-electron chi connectivity index (χ4n) is 4.01. The number of hydrogen-bond donors (Lipinski definition) is 0. The quantitative estimate of drug-likeness (QED) is 0.655. The van der Waals surface area contributed by atoms with E-state index in [2.05, 4.69) is 73.4 Å². The van der Waals surface area contributed by atoms with Gasteiger partial charge in [-0.2, -0.15) is 0 Å². The van der Waals surface area contributed by atoms with Crippen molar-refractivity contribution in [2.24, 2.45) is 0 Å². The normalized spacial score (nSPS) is 24.8. The Balaban J connectivity index is 1.87. The third kappa shape index (κ3) is 3.92. The average Bonchev–Trinajstić information content (AvgIpc) is 2.80. The van der Waals surface area contributed by atoms with Crippen molar-refractivity contribution >= 4 is 0 Å². The highest BCUT2D eigenvalue weighted by Gasteiger charge is 2.36. The Morgan fingerprint density at radius 3 is 2.17 bits per heavy atom. The van der Waals surface area contributed by atoms with Crippen molar-refractivity contribution < 1.29 is 4.48 Å². The Labute approximate surface area is 140 Å². The summed E-state index contributed by atoms with van der Waals surface area (Å²) in [5.41, 5.74) is 2.88. The van der Waals surface area contributed by atoms with Crippen molar-refractivity contribution in [3.8, 4) is 0 Å². The first-order valence-electron chi connectivity index (χ1n) is 8.90. The zero-order valence-corrected chi connectivity index (χ0v) is 14.0. The molecule has 2 aromatic carbocycles. The van der Waals surface area contributed by atoms with Crippen molar-refractivity contribution in [3.63, 3.8) is 0 Å². The molecule has 1 heterocycles. The Bertz CT molecular complexity index is 604. The minimum Gasteiger partial charge on any atom is -0.291 e.